The number of alkyl halides is 3. The summed E-state index contributed by atoms with van der Waals surface area (Å²) in [7, 11) is 1.60. The largest absolute Gasteiger partial charge is 0.474 e. The molecule has 2 heterocycles. The van der Waals surface area contributed by atoms with Crippen LogP contribution in [0.15, 0.2) is 28.7 Å². The molecular formula is C19H24F3N5OS. The van der Waals surface area contributed by atoms with E-state index in [1.807, 2.05) is 12.1 Å². The van der Waals surface area contributed by atoms with E-state index >= 15 is 0 Å². The molecule has 1 fully saturated rings. The minimum atomic E-state index is -4.42. The van der Waals surface area contributed by atoms with Gasteiger partial charge in [0.25, 0.3) is 0 Å². The number of aromatic nitrogens is 2. The van der Waals surface area contributed by atoms with Crippen LogP contribution in [0.5, 0.6) is 5.88 Å². The summed E-state index contributed by atoms with van der Waals surface area (Å²) in [6.07, 6.45) is 3.29. The molecule has 0 spiro atoms. The lowest BCUT2D eigenvalue weighted by Crippen LogP contribution is -2.36. The molecule has 1 aliphatic rings. The highest BCUT2D eigenvalue weighted by Crippen LogP contribution is 2.30. The molecule has 10 heteroatoms. The van der Waals surface area contributed by atoms with Gasteiger partial charge in [0.15, 0.2) is 11.7 Å². The number of hydrogen-bond acceptors (Lipinski definition) is 5. The maximum atomic E-state index is 12.6. The predicted molar refractivity (Wildman–Crippen MR) is 106 cm³/mol. The van der Waals surface area contributed by atoms with E-state index in [1.165, 1.54) is 19.3 Å². The van der Waals surface area contributed by atoms with Crippen molar-refractivity contribution in [3.8, 4) is 5.88 Å². The zero-order valence-electron chi connectivity index (χ0n) is 16.1. The Morgan fingerprint density at radius 1 is 1.24 bits per heavy atom. The molecule has 0 unspecified atom stereocenters. The highest BCUT2D eigenvalue weighted by Gasteiger charge is 2.33. The van der Waals surface area contributed by atoms with Crippen LogP contribution in [0.25, 0.3) is 0 Å². The lowest BCUT2D eigenvalue weighted by molar-refractivity contribution is -0.140. The number of pyridine rings is 1. The SMILES string of the molecule is CN=C(NCc1ccnc(OC2CCCCC2)c1)NCc1nc(C(F)(F)F)cs1. The van der Waals surface area contributed by atoms with E-state index in [9.17, 15) is 13.2 Å². The first-order valence-corrected chi connectivity index (χ1v) is 10.4. The summed E-state index contributed by atoms with van der Waals surface area (Å²) in [5.41, 5.74) is 0.104. The standard InChI is InChI=1S/C19H24F3N5OS/c1-23-18(26-11-17-27-15(12-29-17)19(20,21)22)25-10-13-7-8-24-16(9-13)28-14-5-3-2-4-6-14/h7-9,12,14H,2-6,10-11H2,1H3,(H2,23,25,26). The average molecular weight is 427 g/mol. The number of halogens is 3. The molecule has 0 amide bonds. The smallest absolute Gasteiger partial charge is 0.434 e. The molecule has 0 aromatic carbocycles. The van der Waals surface area contributed by atoms with Crippen molar-refractivity contribution >= 4 is 17.3 Å². The monoisotopic (exact) mass is 427 g/mol. The second-order valence-corrected chi connectivity index (χ2v) is 7.73. The van der Waals surface area contributed by atoms with Crippen LogP contribution >= 0.6 is 11.3 Å². The lowest BCUT2D eigenvalue weighted by Gasteiger charge is -2.22. The van der Waals surface area contributed by atoms with Crippen LogP contribution in [0.4, 0.5) is 13.2 Å². The minimum absolute atomic E-state index is 0.160. The van der Waals surface area contributed by atoms with Crippen LogP contribution in [-0.2, 0) is 19.3 Å². The Kier molecular flexibility index (Phi) is 7.29. The average Bonchev–Trinajstić information content (AvgIpc) is 3.19. The van der Waals surface area contributed by atoms with Crippen LogP contribution in [-0.4, -0.2) is 29.1 Å². The molecule has 1 aliphatic carbocycles. The molecule has 0 bridgehead atoms. The fourth-order valence-corrected chi connectivity index (χ4v) is 3.81. The van der Waals surface area contributed by atoms with E-state index in [2.05, 4.69) is 25.6 Å². The molecule has 0 saturated heterocycles. The summed E-state index contributed by atoms with van der Waals surface area (Å²) >= 11 is 0.961. The van der Waals surface area contributed by atoms with Crippen molar-refractivity contribution in [3.05, 3.63) is 40.0 Å². The fraction of sp³-hybridized carbons (Fsp3) is 0.526. The van der Waals surface area contributed by atoms with Crippen LogP contribution in [0.1, 0.15) is 48.4 Å². The first-order chi connectivity index (χ1) is 13.9. The number of ether oxygens (including phenoxy) is 1. The molecular weight excluding hydrogens is 403 g/mol. The molecule has 3 rings (SSSR count). The van der Waals surface area contributed by atoms with Gasteiger partial charge in [0, 0.05) is 31.2 Å². The minimum Gasteiger partial charge on any atom is -0.474 e. The lowest BCUT2D eigenvalue weighted by atomic mass is 9.98. The van der Waals surface area contributed by atoms with E-state index in [0.29, 0.717) is 23.4 Å². The number of nitrogens with zero attached hydrogens (tertiary/aromatic N) is 3. The third-order valence-corrected chi connectivity index (χ3v) is 5.42. The molecule has 0 radical (unpaired) electrons. The Hall–Kier alpha value is -2.36. The Labute approximate surface area is 171 Å². The van der Waals surface area contributed by atoms with Crippen LogP contribution in [0.3, 0.4) is 0 Å². The molecule has 1 saturated carbocycles. The summed E-state index contributed by atoms with van der Waals surface area (Å²) in [6, 6.07) is 3.77. The van der Waals surface area contributed by atoms with Gasteiger partial charge in [0.2, 0.25) is 5.88 Å². The Bertz CT molecular complexity index is 818. The number of guanidine groups is 1. The maximum Gasteiger partial charge on any atom is 0.434 e. The highest BCUT2D eigenvalue weighted by molar-refractivity contribution is 7.09. The first-order valence-electron chi connectivity index (χ1n) is 9.52. The van der Waals surface area contributed by atoms with Crippen molar-refractivity contribution < 1.29 is 17.9 Å². The molecule has 29 heavy (non-hydrogen) atoms. The van der Waals surface area contributed by atoms with Crippen molar-refractivity contribution in [2.24, 2.45) is 4.99 Å². The summed E-state index contributed by atoms with van der Waals surface area (Å²) < 4.78 is 43.9. The molecule has 158 valence electrons. The number of rotatable bonds is 6. The first kappa shape index (κ1) is 21.4. The quantitative estimate of drug-likeness (QED) is 0.536. The zero-order chi connectivity index (χ0) is 20.7. The van der Waals surface area contributed by atoms with Crippen molar-refractivity contribution in [2.45, 2.75) is 57.5 Å². The maximum absolute atomic E-state index is 12.6. The second kappa shape index (κ2) is 9.91. The summed E-state index contributed by atoms with van der Waals surface area (Å²) in [5, 5.41) is 7.46. The van der Waals surface area contributed by atoms with Crippen LogP contribution in [0.2, 0.25) is 0 Å². The van der Waals surface area contributed by atoms with Gasteiger partial charge in [-0.15, -0.1) is 11.3 Å². The van der Waals surface area contributed by atoms with Gasteiger partial charge in [0.05, 0.1) is 6.54 Å². The Balaban J connectivity index is 1.49. The fourth-order valence-electron chi connectivity index (χ4n) is 3.07. The molecule has 0 atom stereocenters. The second-order valence-electron chi connectivity index (χ2n) is 6.78. The van der Waals surface area contributed by atoms with Gasteiger partial charge in [-0.25, -0.2) is 9.97 Å². The molecule has 2 aromatic heterocycles. The van der Waals surface area contributed by atoms with E-state index in [4.69, 9.17) is 4.74 Å². The van der Waals surface area contributed by atoms with Crippen molar-refractivity contribution in [3.63, 3.8) is 0 Å². The Morgan fingerprint density at radius 2 is 2.00 bits per heavy atom. The Morgan fingerprint density at radius 3 is 2.69 bits per heavy atom. The molecule has 2 N–H and O–H groups in total. The van der Waals surface area contributed by atoms with E-state index in [1.54, 1.807) is 13.2 Å². The van der Waals surface area contributed by atoms with Gasteiger partial charge in [-0.1, -0.05) is 6.42 Å². The van der Waals surface area contributed by atoms with Crippen LogP contribution in [0, 0.1) is 0 Å². The highest BCUT2D eigenvalue weighted by atomic mass is 32.1. The normalized spacial score (nSPS) is 15.9. The number of aliphatic imine (C=N–C) groups is 1. The van der Waals surface area contributed by atoms with Crippen molar-refractivity contribution in [2.75, 3.05) is 7.05 Å². The van der Waals surface area contributed by atoms with Gasteiger partial charge in [-0.05, 0) is 37.3 Å². The topological polar surface area (TPSA) is 71.4 Å². The zero-order valence-corrected chi connectivity index (χ0v) is 16.9. The van der Waals surface area contributed by atoms with Gasteiger partial charge in [0.1, 0.15) is 11.1 Å². The van der Waals surface area contributed by atoms with Crippen molar-refractivity contribution in [1.82, 2.24) is 20.6 Å². The number of hydrogen-bond donors (Lipinski definition) is 2. The predicted octanol–water partition coefficient (Wildman–Crippen LogP) is 4.13. The third-order valence-electron chi connectivity index (χ3n) is 4.57. The molecule has 2 aromatic rings. The van der Waals surface area contributed by atoms with Gasteiger partial charge >= 0.3 is 6.18 Å². The number of thiazole rings is 1. The van der Waals surface area contributed by atoms with E-state index in [-0.39, 0.29) is 12.6 Å². The third kappa shape index (κ3) is 6.59. The van der Waals surface area contributed by atoms with Gasteiger partial charge < -0.3 is 15.4 Å². The summed E-state index contributed by atoms with van der Waals surface area (Å²) in [6.45, 7) is 0.641. The molecule has 0 aliphatic heterocycles. The van der Waals surface area contributed by atoms with Crippen molar-refractivity contribution in [1.29, 1.82) is 0 Å². The van der Waals surface area contributed by atoms with Gasteiger partial charge in [-0.3, -0.25) is 4.99 Å². The molecule has 6 nitrogen and oxygen atoms in total. The van der Waals surface area contributed by atoms with Crippen LogP contribution < -0.4 is 15.4 Å². The van der Waals surface area contributed by atoms with E-state index < -0.39 is 11.9 Å². The van der Waals surface area contributed by atoms with Gasteiger partial charge in [-0.2, -0.15) is 13.2 Å². The summed E-state index contributed by atoms with van der Waals surface area (Å²) in [4.78, 5) is 12.0. The number of nitrogens with one attached hydrogen (secondary N) is 2. The van der Waals surface area contributed by atoms with E-state index in [0.717, 1.165) is 35.1 Å². The summed E-state index contributed by atoms with van der Waals surface area (Å²) in [5.74, 6) is 1.09.